The standard InChI is InChI=1S/CH2O3.2Al.Ca.ClH.8H/c2-1(3)4;;;;;;;;;;;;/h(H2,2,3,4);;;;1H;;;;;;;;/q;;;+2;;;;;;;;2*-1. The van der Waals surface area contributed by atoms with E-state index in [2.05, 4.69) is 0 Å². The quantitative estimate of drug-likeness (QED) is 0.450. The Morgan fingerprint density at radius 2 is 1.25 bits per heavy atom. The maximum Gasteiger partial charge on any atom is 2.00 e. The van der Waals surface area contributed by atoms with Crippen molar-refractivity contribution in [3.05, 3.63) is 0 Å². The van der Waals surface area contributed by atoms with Crippen molar-refractivity contribution in [1.82, 2.24) is 0 Å². The molecule has 0 atom stereocenters. The van der Waals surface area contributed by atoms with Gasteiger partial charge in [0.2, 0.25) is 0 Å². The maximum absolute atomic E-state index is 8.56. The van der Waals surface area contributed by atoms with Crippen LogP contribution in [0, 0.1) is 0 Å². The zero-order valence-corrected chi connectivity index (χ0v) is 5.94. The van der Waals surface area contributed by atoms with Crippen molar-refractivity contribution in [3.63, 3.8) is 0 Å². The van der Waals surface area contributed by atoms with Crippen molar-refractivity contribution in [2.24, 2.45) is 0 Å². The van der Waals surface area contributed by atoms with E-state index < -0.39 is 6.16 Å². The molecular formula is CH11Al2CaClO3. The van der Waals surface area contributed by atoms with Crippen LogP contribution in [-0.4, -0.2) is 88.8 Å². The molecule has 0 bridgehead atoms. The number of carboxylic acid groups (broad SMARTS) is 2. The molecule has 0 aromatic rings. The van der Waals surface area contributed by atoms with Gasteiger partial charge in [-0.25, -0.2) is 4.79 Å². The molecule has 0 radical (unpaired) electrons. The number of halogens is 1. The van der Waals surface area contributed by atoms with Gasteiger partial charge >= 0.3 is 43.9 Å². The van der Waals surface area contributed by atoms with Gasteiger partial charge in [-0.3, -0.25) is 0 Å². The topological polar surface area (TPSA) is 57.5 Å². The van der Waals surface area contributed by atoms with Crippen molar-refractivity contribution in [2.45, 2.75) is 0 Å². The van der Waals surface area contributed by atoms with Gasteiger partial charge in [0, 0.05) is 0 Å². The molecule has 0 aliphatic carbocycles. The molecule has 0 aliphatic rings. The summed E-state index contributed by atoms with van der Waals surface area (Å²) in [5.74, 6) is 0. The molecule has 0 rings (SSSR count). The number of carbonyl (C=O) groups is 1. The second kappa shape index (κ2) is 23.1. The summed E-state index contributed by atoms with van der Waals surface area (Å²) in [6.45, 7) is 0. The van der Waals surface area contributed by atoms with Crippen LogP contribution in [0.4, 0.5) is 4.79 Å². The van der Waals surface area contributed by atoms with Crippen LogP contribution in [0.15, 0.2) is 0 Å². The monoisotopic (exact) mass is 200 g/mol. The average molecular weight is 201 g/mol. The Bertz CT molecular complexity index is 47.5. The molecule has 0 fully saturated rings. The molecule has 0 saturated carbocycles. The van der Waals surface area contributed by atoms with E-state index in [0.29, 0.717) is 0 Å². The minimum absolute atomic E-state index is 0. The van der Waals surface area contributed by atoms with Crippen molar-refractivity contribution in [3.8, 4) is 0 Å². The van der Waals surface area contributed by atoms with Gasteiger partial charge in [-0.05, 0) is 0 Å². The summed E-state index contributed by atoms with van der Waals surface area (Å²) in [6.07, 6.45) is -1.83. The molecule has 0 aromatic carbocycles. The molecule has 0 heterocycles. The third-order valence-corrected chi connectivity index (χ3v) is 0. The van der Waals surface area contributed by atoms with E-state index in [4.69, 9.17) is 15.0 Å². The molecule has 0 aromatic heterocycles. The average Bonchev–Trinajstić information content (AvgIpc) is 0.811. The van der Waals surface area contributed by atoms with Crippen LogP contribution < -0.4 is 0 Å². The van der Waals surface area contributed by atoms with Gasteiger partial charge in [-0.15, -0.1) is 12.4 Å². The van der Waals surface area contributed by atoms with E-state index in [1.807, 2.05) is 0 Å². The summed E-state index contributed by atoms with van der Waals surface area (Å²) in [6, 6.07) is 0. The van der Waals surface area contributed by atoms with Crippen LogP contribution >= 0.6 is 12.4 Å². The molecular weight excluding hydrogens is 190 g/mol. The van der Waals surface area contributed by atoms with Gasteiger partial charge in [-0.2, -0.15) is 0 Å². The van der Waals surface area contributed by atoms with Gasteiger partial charge in [0.05, 0.1) is 0 Å². The van der Waals surface area contributed by atoms with Crippen molar-refractivity contribution in [2.75, 3.05) is 0 Å². The predicted octanol–water partition coefficient (Wildman–Crippen LogP) is -1.88. The Balaban J connectivity index is -0.00000000300. The van der Waals surface area contributed by atoms with Crippen molar-refractivity contribution in [1.29, 1.82) is 0 Å². The first-order valence-electron chi connectivity index (χ1n) is 0.651. The number of hydrogen-bond acceptors (Lipinski definition) is 1. The molecule has 7 heteroatoms. The zero-order chi connectivity index (χ0) is 3.58. The molecule has 0 spiro atoms. The van der Waals surface area contributed by atoms with Crippen molar-refractivity contribution >= 4 is 91.0 Å². The molecule has 8 heavy (non-hydrogen) atoms. The Labute approximate surface area is 107 Å². The number of hydrogen-bond donors (Lipinski definition) is 2. The molecule has 3 nitrogen and oxygen atoms in total. The Morgan fingerprint density at radius 1 is 1.25 bits per heavy atom. The number of rotatable bonds is 0. The van der Waals surface area contributed by atoms with E-state index in [9.17, 15) is 0 Å². The Kier molecular flexibility index (Phi) is 94.6. The summed E-state index contributed by atoms with van der Waals surface area (Å²) < 4.78 is 0. The van der Waals surface area contributed by atoms with E-state index in [1.54, 1.807) is 0 Å². The van der Waals surface area contributed by atoms with E-state index in [-0.39, 0.29) is 87.7 Å². The fourth-order valence-corrected chi connectivity index (χ4v) is 0. The minimum atomic E-state index is -1.83. The van der Waals surface area contributed by atoms with Gasteiger partial charge < -0.3 is 13.1 Å². The third kappa shape index (κ3) is 105. The van der Waals surface area contributed by atoms with Crippen LogP contribution in [0.25, 0.3) is 0 Å². The maximum atomic E-state index is 8.56. The second-order valence-electron chi connectivity index (χ2n) is 0.283. The molecule has 0 unspecified atom stereocenters. The van der Waals surface area contributed by atoms with Crippen LogP contribution in [0.3, 0.4) is 0 Å². The molecule has 48 valence electrons. The van der Waals surface area contributed by atoms with Crippen LogP contribution in [0.2, 0.25) is 0 Å². The first-order valence-corrected chi connectivity index (χ1v) is 0.651. The fourth-order valence-electron chi connectivity index (χ4n) is 0. The van der Waals surface area contributed by atoms with Gasteiger partial charge in [0.25, 0.3) is 0 Å². The molecule has 0 amide bonds. The van der Waals surface area contributed by atoms with E-state index in [0.717, 1.165) is 0 Å². The first kappa shape index (κ1) is 32.7. The summed E-state index contributed by atoms with van der Waals surface area (Å²) in [5.41, 5.74) is 0. The minimum Gasteiger partial charge on any atom is -1.00 e. The first-order chi connectivity index (χ1) is 1.73. The smallest absolute Gasteiger partial charge is 1.00 e. The molecule has 0 saturated heterocycles. The van der Waals surface area contributed by atoms with E-state index >= 15 is 0 Å². The van der Waals surface area contributed by atoms with Crippen LogP contribution in [-0.2, 0) is 0 Å². The fraction of sp³-hybridized carbons (Fsp3) is 0. The third-order valence-electron chi connectivity index (χ3n) is 0. The van der Waals surface area contributed by atoms with Gasteiger partial charge in [0.1, 0.15) is 0 Å². The second-order valence-corrected chi connectivity index (χ2v) is 0.283. The summed E-state index contributed by atoms with van der Waals surface area (Å²) >= 11 is 0. The summed E-state index contributed by atoms with van der Waals surface area (Å²) in [7, 11) is 0. The van der Waals surface area contributed by atoms with Crippen LogP contribution in [0.1, 0.15) is 2.85 Å². The van der Waals surface area contributed by atoms with Gasteiger partial charge in [0.15, 0.2) is 34.7 Å². The summed E-state index contributed by atoms with van der Waals surface area (Å²) in [5, 5.41) is 13.9. The largest absolute Gasteiger partial charge is 2.00 e. The molecule has 2 N–H and O–H groups in total. The molecule has 0 aliphatic heterocycles. The summed E-state index contributed by atoms with van der Waals surface area (Å²) in [4.78, 5) is 8.56. The normalized spacial score (nSPS) is 3.00. The van der Waals surface area contributed by atoms with Crippen LogP contribution in [0.5, 0.6) is 0 Å². The zero-order valence-electron chi connectivity index (χ0n) is 4.92. The van der Waals surface area contributed by atoms with Crippen molar-refractivity contribution < 1.29 is 17.9 Å². The SMILES string of the molecule is Cl.O=C(O)O.[AlH3].[AlH3].[Ca+2].[H-].[H-]. The van der Waals surface area contributed by atoms with Gasteiger partial charge in [-0.1, -0.05) is 0 Å². The Hall–Kier alpha value is 1.88. The Morgan fingerprint density at radius 3 is 1.25 bits per heavy atom. The predicted molar refractivity (Wildman–Crippen MR) is 45.8 cm³/mol. The van der Waals surface area contributed by atoms with E-state index in [1.165, 1.54) is 0 Å².